The van der Waals surface area contributed by atoms with Crippen LogP contribution in [0.4, 0.5) is 29.3 Å². The first-order valence-corrected chi connectivity index (χ1v) is 7.02. The molecule has 0 aliphatic rings. The number of hydrogen-bond donors (Lipinski definition) is 2. The molecule has 0 saturated heterocycles. The number of amides is 2. The van der Waals surface area contributed by atoms with Crippen LogP contribution in [0, 0.1) is 0 Å². The number of nitrogens with one attached hydrogen (secondary N) is 2. The van der Waals surface area contributed by atoms with Gasteiger partial charge in [-0.05, 0) is 42.5 Å². The molecule has 7 heteroatoms. The lowest BCUT2D eigenvalue weighted by atomic mass is 10.2. The summed E-state index contributed by atoms with van der Waals surface area (Å²) in [6, 6.07) is 12.6. The number of carbonyl (C=O) groups is 1. The fraction of sp³-hybridized carbons (Fsp3) is 0.0588. The predicted molar refractivity (Wildman–Crippen MR) is 85.8 cm³/mol. The maximum absolute atomic E-state index is 12.7. The van der Waals surface area contributed by atoms with Crippen LogP contribution >= 0.6 is 0 Å². The summed E-state index contributed by atoms with van der Waals surface area (Å²) in [7, 11) is 0. The number of rotatable bonds is 2. The molecule has 0 aliphatic heterocycles. The molecule has 0 radical (unpaired) electrons. The molecule has 3 rings (SSSR count). The quantitative estimate of drug-likeness (QED) is 0.702. The highest BCUT2D eigenvalue weighted by molar-refractivity contribution is 6.00. The summed E-state index contributed by atoms with van der Waals surface area (Å²) < 4.78 is 38.0. The maximum atomic E-state index is 12.7. The van der Waals surface area contributed by atoms with Gasteiger partial charge in [0.1, 0.15) is 0 Å². The van der Waals surface area contributed by atoms with Crippen molar-refractivity contribution in [2.45, 2.75) is 6.18 Å². The van der Waals surface area contributed by atoms with Gasteiger partial charge in [0.05, 0.1) is 11.1 Å². The van der Waals surface area contributed by atoms with Crippen LogP contribution in [0.25, 0.3) is 10.9 Å². The van der Waals surface area contributed by atoms with Crippen molar-refractivity contribution in [3.05, 3.63) is 66.4 Å². The molecule has 24 heavy (non-hydrogen) atoms. The third-order valence-corrected chi connectivity index (χ3v) is 3.31. The topological polar surface area (TPSA) is 54.0 Å². The van der Waals surface area contributed by atoms with Crippen LogP contribution in [-0.4, -0.2) is 11.0 Å². The van der Waals surface area contributed by atoms with Crippen molar-refractivity contribution >= 4 is 28.3 Å². The Morgan fingerprint density at radius 1 is 0.917 bits per heavy atom. The fourth-order valence-electron chi connectivity index (χ4n) is 2.22. The molecule has 2 aromatic carbocycles. The number of alkyl halides is 3. The van der Waals surface area contributed by atoms with Crippen molar-refractivity contribution in [1.82, 2.24) is 4.98 Å². The molecule has 2 amide bonds. The maximum Gasteiger partial charge on any atom is 0.416 e. The highest BCUT2D eigenvalue weighted by Crippen LogP contribution is 2.30. The number of aromatic nitrogens is 1. The van der Waals surface area contributed by atoms with Gasteiger partial charge in [-0.1, -0.05) is 12.1 Å². The van der Waals surface area contributed by atoms with Gasteiger partial charge in [-0.3, -0.25) is 4.98 Å². The van der Waals surface area contributed by atoms with Gasteiger partial charge in [-0.15, -0.1) is 0 Å². The zero-order chi connectivity index (χ0) is 17.2. The van der Waals surface area contributed by atoms with Crippen molar-refractivity contribution in [2.24, 2.45) is 0 Å². The number of hydrogen-bond acceptors (Lipinski definition) is 2. The van der Waals surface area contributed by atoms with Gasteiger partial charge in [-0.2, -0.15) is 13.2 Å². The minimum absolute atomic E-state index is 0.0600. The Hall–Kier alpha value is -3.09. The number of benzene rings is 2. The zero-order valence-electron chi connectivity index (χ0n) is 12.3. The van der Waals surface area contributed by atoms with E-state index in [1.807, 2.05) is 6.07 Å². The number of pyridine rings is 1. The van der Waals surface area contributed by atoms with Crippen molar-refractivity contribution in [3.8, 4) is 0 Å². The lowest BCUT2D eigenvalue weighted by molar-refractivity contribution is -0.137. The van der Waals surface area contributed by atoms with E-state index in [4.69, 9.17) is 0 Å². The van der Waals surface area contributed by atoms with E-state index in [-0.39, 0.29) is 5.69 Å². The molecule has 2 N–H and O–H groups in total. The lowest BCUT2D eigenvalue weighted by Gasteiger charge is -2.11. The summed E-state index contributed by atoms with van der Waals surface area (Å²) in [5, 5.41) is 5.81. The highest BCUT2D eigenvalue weighted by atomic mass is 19.4. The Morgan fingerprint density at radius 2 is 1.67 bits per heavy atom. The van der Waals surface area contributed by atoms with Gasteiger partial charge in [0.25, 0.3) is 0 Å². The Bertz CT molecular complexity index is 893. The zero-order valence-corrected chi connectivity index (χ0v) is 12.3. The fourth-order valence-corrected chi connectivity index (χ4v) is 2.22. The van der Waals surface area contributed by atoms with Crippen molar-refractivity contribution in [3.63, 3.8) is 0 Å². The number of fused-ring (bicyclic) bond motifs is 1. The smallest absolute Gasteiger partial charge is 0.308 e. The third-order valence-electron chi connectivity index (χ3n) is 3.31. The van der Waals surface area contributed by atoms with Gasteiger partial charge in [0, 0.05) is 23.0 Å². The lowest BCUT2D eigenvalue weighted by Crippen LogP contribution is -2.19. The Balaban J connectivity index is 1.73. The van der Waals surface area contributed by atoms with Crippen LogP contribution in [0.2, 0.25) is 0 Å². The molecule has 4 nitrogen and oxygen atoms in total. The monoisotopic (exact) mass is 331 g/mol. The Labute approximate surface area is 135 Å². The number of nitrogens with zero attached hydrogens (tertiary/aromatic N) is 1. The minimum Gasteiger partial charge on any atom is -0.308 e. The van der Waals surface area contributed by atoms with Gasteiger partial charge >= 0.3 is 12.2 Å². The van der Waals surface area contributed by atoms with Crippen molar-refractivity contribution in [1.29, 1.82) is 0 Å². The van der Waals surface area contributed by atoms with Crippen LogP contribution in [0.1, 0.15) is 5.56 Å². The number of anilines is 2. The first-order chi connectivity index (χ1) is 11.4. The second kappa shape index (κ2) is 6.19. The molecule has 0 aliphatic carbocycles. The van der Waals surface area contributed by atoms with Crippen LogP contribution in [0.15, 0.2) is 60.8 Å². The Kier molecular flexibility index (Phi) is 4.07. The standard InChI is InChI=1S/C17H12F3N3O/c18-17(19,20)12-4-1-5-13(10-12)22-16(24)23-14-6-7-15-11(9-14)3-2-8-21-15/h1-10H,(H2,22,23,24). The summed E-state index contributed by atoms with van der Waals surface area (Å²) in [4.78, 5) is 16.1. The second-order valence-corrected chi connectivity index (χ2v) is 5.07. The summed E-state index contributed by atoms with van der Waals surface area (Å²) in [6.45, 7) is 0. The molecule has 0 fully saturated rings. The van der Waals surface area contributed by atoms with Crippen LogP contribution in [0.5, 0.6) is 0 Å². The van der Waals surface area contributed by atoms with E-state index >= 15 is 0 Å². The van der Waals surface area contributed by atoms with Gasteiger partial charge in [0.2, 0.25) is 0 Å². The molecule has 1 aromatic heterocycles. The number of urea groups is 1. The van der Waals surface area contributed by atoms with Gasteiger partial charge < -0.3 is 10.6 Å². The van der Waals surface area contributed by atoms with Gasteiger partial charge in [-0.25, -0.2) is 4.79 Å². The van der Waals surface area contributed by atoms with E-state index in [2.05, 4.69) is 15.6 Å². The average Bonchev–Trinajstić information content (AvgIpc) is 2.54. The summed E-state index contributed by atoms with van der Waals surface area (Å²) >= 11 is 0. The molecule has 0 spiro atoms. The highest BCUT2D eigenvalue weighted by Gasteiger charge is 2.30. The summed E-state index contributed by atoms with van der Waals surface area (Å²) in [5.41, 5.74) is 0.531. The second-order valence-electron chi connectivity index (χ2n) is 5.07. The predicted octanol–water partition coefficient (Wildman–Crippen LogP) is 4.90. The number of carbonyl (C=O) groups excluding carboxylic acids is 1. The van der Waals surface area contributed by atoms with Gasteiger partial charge in [0.15, 0.2) is 0 Å². The summed E-state index contributed by atoms with van der Waals surface area (Å²) in [5.74, 6) is 0. The SMILES string of the molecule is O=C(Nc1cccc(C(F)(F)F)c1)Nc1ccc2ncccc2c1. The van der Waals surface area contributed by atoms with Crippen LogP contribution < -0.4 is 10.6 Å². The first-order valence-electron chi connectivity index (χ1n) is 7.02. The van der Waals surface area contributed by atoms with E-state index in [0.29, 0.717) is 5.69 Å². The molecule has 0 saturated carbocycles. The van der Waals surface area contributed by atoms with Crippen molar-refractivity contribution < 1.29 is 18.0 Å². The molecular weight excluding hydrogens is 319 g/mol. The van der Waals surface area contributed by atoms with E-state index in [9.17, 15) is 18.0 Å². The molecule has 122 valence electrons. The molecule has 0 bridgehead atoms. The largest absolute Gasteiger partial charge is 0.416 e. The third kappa shape index (κ3) is 3.62. The van der Waals surface area contributed by atoms with Crippen molar-refractivity contribution in [2.75, 3.05) is 10.6 Å². The van der Waals surface area contributed by atoms with E-state index in [1.54, 1.807) is 30.5 Å². The van der Waals surface area contributed by atoms with E-state index in [1.165, 1.54) is 12.1 Å². The molecule has 3 aromatic rings. The summed E-state index contributed by atoms with van der Waals surface area (Å²) in [6.07, 6.45) is -2.80. The Morgan fingerprint density at radius 3 is 2.42 bits per heavy atom. The normalized spacial score (nSPS) is 11.3. The van der Waals surface area contributed by atoms with Crippen LogP contribution in [0.3, 0.4) is 0 Å². The minimum atomic E-state index is -4.46. The average molecular weight is 331 g/mol. The van der Waals surface area contributed by atoms with E-state index in [0.717, 1.165) is 23.0 Å². The number of halogens is 3. The molecule has 0 unspecified atom stereocenters. The first kappa shape index (κ1) is 15.8. The van der Waals surface area contributed by atoms with E-state index < -0.39 is 17.8 Å². The molecule has 0 atom stereocenters. The van der Waals surface area contributed by atoms with Crippen LogP contribution in [-0.2, 0) is 6.18 Å². The molecule has 1 heterocycles. The molecular formula is C17H12F3N3O.